The van der Waals surface area contributed by atoms with Crippen molar-refractivity contribution >= 4 is 11.7 Å². The summed E-state index contributed by atoms with van der Waals surface area (Å²) in [7, 11) is 0. The zero-order valence-corrected chi connectivity index (χ0v) is 8.31. The van der Waals surface area contributed by atoms with Crippen LogP contribution in [0.5, 0.6) is 0 Å². The Balaban J connectivity index is 2.00. The molecule has 1 aliphatic carbocycles. The van der Waals surface area contributed by atoms with Gasteiger partial charge in [0.2, 0.25) is 5.91 Å². The molecule has 1 aromatic heterocycles. The molecule has 3 N–H and O–H groups in total. The standard InChI is InChI=1S/C11H13N3O/c12-11(15)8-5-6-10(13-7-8)14-9-3-1-2-4-9/h1-2,5-7,9H,3-4H2,(H2,12,15)(H,13,14). The van der Waals surface area contributed by atoms with Crippen LogP contribution >= 0.6 is 0 Å². The van der Waals surface area contributed by atoms with E-state index in [-0.39, 0.29) is 0 Å². The summed E-state index contributed by atoms with van der Waals surface area (Å²) in [5.41, 5.74) is 5.55. The van der Waals surface area contributed by atoms with Crippen molar-refractivity contribution in [3.8, 4) is 0 Å². The van der Waals surface area contributed by atoms with Crippen LogP contribution in [0.15, 0.2) is 30.5 Å². The molecule has 1 aromatic rings. The number of primary amides is 1. The van der Waals surface area contributed by atoms with E-state index in [1.54, 1.807) is 12.1 Å². The number of carbonyl (C=O) groups excluding carboxylic acids is 1. The van der Waals surface area contributed by atoms with Crippen LogP contribution in [0.2, 0.25) is 0 Å². The molecule has 0 saturated heterocycles. The van der Waals surface area contributed by atoms with Gasteiger partial charge in [-0.05, 0) is 25.0 Å². The average Bonchev–Trinajstić information content (AvgIpc) is 2.71. The summed E-state index contributed by atoms with van der Waals surface area (Å²) >= 11 is 0. The van der Waals surface area contributed by atoms with E-state index in [0.717, 1.165) is 18.7 Å². The summed E-state index contributed by atoms with van der Waals surface area (Å²) in [6.07, 6.45) is 7.84. The van der Waals surface area contributed by atoms with Crippen LogP contribution in [0.3, 0.4) is 0 Å². The molecule has 4 nitrogen and oxygen atoms in total. The minimum absolute atomic E-state index is 0.428. The van der Waals surface area contributed by atoms with Crippen LogP contribution in [0, 0.1) is 0 Å². The molecule has 0 saturated carbocycles. The molecule has 0 atom stereocenters. The number of nitrogens with zero attached hydrogens (tertiary/aromatic N) is 1. The van der Waals surface area contributed by atoms with Crippen molar-refractivity contribution in [1.82, 2.24) is 4.98 Å². The molecular weight excluding hydrogens is 190 g/mol. The Bertz CT molecular complexity index is 375. The minimum atomic E-state index is -0.448. The first kappa shape index (κ1) is 9.71. The maximum absolute atomic E-state index is 10.8. The number of rotatable bonds is 3. The third kappa shape index (κ3) is 2.34. The second-order valence-electron chi connectivity index (χ2n) is 3.58. The zero-order chi connectivity index (χ0) is 10.7. The van der Waals surface area contributed by atoms with Gasteiger partial charge in [-0.25, -0.2) is 4.98 Å². The third-order valence-electron chi connectivity index (χ3n) is 2.41. The van der Waals surface area contributed by atoms with E-state index in [9.17, 15) is 4.79 Å². The number of amides is 1. The van der Waals surface area contributed by atoms with Crippen molar-refractivity contribution in [3.05, 3.63) is 36.0 Å². The number of anilines is 1. The van der Waals surface area contributed by atoms with Crippen molar-refractivity contribution in [1.29, 1.82) is 0 Å². The van der Waals surface area contributed by atoms with Gasteiger partial charge in [0.1, 0.15) is 5.82 Å². The lowest BCUT2D eigenvalue weighted by Gasteiger charge is -2.12. The molecule has 2 rings (SSSR count). The molecular formula is C11H13N3O. The number of pyridine rings is 1. The van der Waals surface area contributed by atoms with E-state index in [2.05, 4.69) is 22.5 Å². The largest absolute Gasteiger partial charge is 0.367 e. The highest BCUT2D eigenvalue weighted by Crippen LogP contribution is 2.15. The topological polar surface area (TPSA) is 68.0 Å². The fourth-order valence-electron chi connectivity index (χ4n) is 1.57. The minimum Gasteiger partial charge on any atom is -0.367 e. The monoisotopic (exact) mass is 203 g/mol. The van der Waals surface area contributed by atoms with Gasteiger partial charge in [-0.15, -0.1) is 0 Å². The summed E-state index contributed by atoms with van der Waals surface area (Å²) in [6, 6.07) is 3.88. The molecule has 0 bridgehead atoms. The van der Waals surface area contributed by atoms with Gasteiger partial charge in [0.25, 0.3) is 0 Å². The van der Waals surface area contributed by atoms with Crippen LogP contribution in [-0.2, 0) is 0 Å². The van der Waals surface area contributed by atoms with Gasteiger partial charge < -0.3 is 11.1 Å². The van der Waals surface area contributed by atoms with E-state index in [1.807, 2.05) is 0 Å². The highest BCUT2D eigenvalue weighted by molar-refractivity contribution is 5.92. The summed E-state index contributed by atoms with van der Waals surface area (Å²) in [6.45, 7) is 0. The number of carbonyl (C=O) groups is 1. The van der Waals surface area contributed by atoms with Gasteiger partial charge in [0.05, 0.1) is 5.56 Å². The number of hydrogen-bond acceptors (Lipinski definition) is 3. The lowest BCUT2D eigenvalue weighted by Crippen LogP contribution is -2.16. The van der Waals surface area contributed by atoms with Gasteiger partial charge >= 0.3 is 0 Å². The van der Waals surface area contributed by atoms with E-state index in [0.29, 0.717) is 11.6 Å². The van der Waals surface area contributed by atoms with Gasteiger partial charge in [0, 0.05) is 12.2 Å². The van der Waals surface area contributed by atoms with Crippen molar-refractivity contribution in [2.45, 2.75) is 18.9 Å². The van der Waals surface area contributed by atoms with Gasteiger partial charge in [-0.1, -0.05) is 12.2 Å². The van der Waals surface area contributed by atoms with Gasteiger partial charge in [-0.2, -0.15) is 0 Å². The van der Waals surface area contributed by atoms with E-state index >= 15 is 0 Å². The lowest BCUT2D eigenvalue weighted by atomic mass is 10.2. The van der Waals surface area contributed by atoms with Crippen LogP contribution in [-0.4, -0.2) is 16.9 Å². The Morgan fingerprint density at radius 1 is 1.40 bits per heavy atom. The highest BCUT2D eigenvalue weighted by Gasteiger charge is 2.10. The SMILES string of the molecule is NC(=O)c1ccc(NC2CC=CC2)nc1. The second-order valence-corrected chi connectivity index (χ2v) is 3.58. The molecule has 0 radical (unpaired) electrons. The molecule has 0 unspecified atom stereocenters. The van der Waals surface area contributed by atoms with E-state index in [1.165, 1.54) is 6.20 Å². The first-order chi connectivity index (χ1) is 7.25. The van der Waals surface area contributed by atoms with Gasteiger partial charge in [0.15, 0.2) is 0 Å². The predicted molar refractivity (Wildman–Crippen MR) is 58.5 cm³/mol. The predicted octanol–water partition coefficient (Wildman–Crippen LogP) is 1.31. The smallest absolute Gasteiger partial charge is 0.250 e. The van der Waals surface area contributed by atoms with Crippen LogP contribution in [0.1, 0.15) is 23.2 Å². The van der Waals surface area contributed by atoms with Crippen molar-refractivity contribution < 1.29 is 4.79 Å². The van der Waals surface area contributed by atoms with E-state index in [4.69, 9.17) is 5.73 Å². The highest BCUT2D eigenvalue weighted by atomic mass is 16.1. The van der Waals surface area contributed by atoms with Crippen molar-refractivity contribution in [3.63, 3.8) is 0 Å². The maximum atomic E-state index is 10.8. The van der Waals surface area contributed by atoms with E-state index < -0.39 is 5.91 Å². The van der Waals surface area contributed by atoms with Crippen molar-refractivity contribution in [2.75, 3.05) is 5.32 Å². The summed E-state index contributed by atoms with van der Waals surface area (Å²) in [5.74, 6) is 0.338. The van der Waals surface area contributed by atoms with Crippen LogP contribution < -0.4 is 11.1 Å². The molecule has 78 valence electrons. The molecule has 0 spiro atoms. The summed E-state index contributed by atoms with van der Waals surface area (Å²) in [5, 5.41) is 3.28. The normalized spacial score (nSPS) is 15.5. The first-order valence-corrected chi connectivity index (χ1v) is 4.93. The van der Waals surface area contributed by atoms with Gasteiger partial charge in [-0.3, -0.25) is 4.79 Å². The first-order valence-electron chi connectivity index (χ1n) is 4.93. The number of nitrogens with one attached hydrogen (secondary N) is 1. The fraction of sp³-hybridized carbons (Fsp3) is 0.273. The lowest BCUT2D eigenvalue weighted by molar-refractivity contribution is 0.1000. The summed E-state index contributed by atoms with van der Waals surface area (Å²) in [4.78, 5) is 14.9. The molecule has 0 aliphatic heterocycles. The Kier molecular flexibility index (Phi) is 2.67. The Labute approximate surface area is 88.2 Å². The second kappa shape index (κ2) is 4.13. The molecule has 4 heteroatoms. The molecule has 1 heterocycles. The van der Waals surface area contributed by atoms with Crippen LogP contribution in [0.4, 0.5) is 5.82 Å². The number of nitrogens with two attached hydrogens (primary N) is 1. The Morgan fingerprint density at radius 2 is 2.13 bits per heavy atom. The number of hydrogen-bond donors (Lipinski definition) is 2. The quantitative estimate of drug-likeness (QED) is 0.728. The maximum Gasteiger partial charge on any atom is 0.250 e. The van der Waals surface area contributed by atoms with Crippen molar-refractivity contribution in [2.24, 2.45) is 5.73 Å². The zero-order valence-electron chi connectivity index (χ0n) is 8.31. The third-order valence-corrected chi connectivity index (χ3v) is 2.41. The molecule has 1 amide bonds. The summed E-state index contributed by atoms with van der Waals surface area (Å²) < 4.78 is 0. The Morgan fingerprint density at radius 3 is 2.67 bits per heavy atom. The molecule has 0 fully saturated rings. The van der Waals surface area contributed by atoms with Crippen LogP contribution in [0.25, 0.3) is 0 Å². The average molecular weight is 203 g/mol. The molecule has 0 aromatic carbocycles. The Hall–Kier alpha value is -1.84. The molecule has 1 aliphatic rings. The number of aromatic nitrogens is 1. The molecule has 15 heavy (non-hydrogen) atoms. The fourth-order valence-corrected chi connectivity index (χ4v) is 1.57.